The van der Waals surface area contributed by atoms with Crippen molar-refractivity contribution in [3.63, 3.8) is 0 Å². The molecular weight excluding hydrogens is 316 g/mol. The van der Waals surface area contributed by atoms with Gasteiger partial charge >= 0.3 is 0 Å². The van der Waals surface area contributed by atoms with Gasteiger partial charge in [0.15, 0.2) is 11.6 Å². The van der Waals surface area contributed by atoms with E-state index in [9.17, 15) is 10.1 Å². The van der Waals surface area contributed by atoms with Crippen molar-refractivity contribution in [2.75, 3.05) is 6.54 Å². The number of aromatic amines is 1. The molecule has 2 heterocycles. The van der Waals surface area contributed by atoms with Crippen LogP contribution >= 0.6 is 11.3 Å². The Morgan fingerprint density at radius 3 is 2.96 bits per heavy atom. The zero-order chi connectivity index (χ0) is 16.4. The van der Waals surface area contributed by atoms with E-state index in [0.717, 1.165) is 22.0 Å². The number of benzene rings is 1. The van der Waals surface area contributed by atoms with E-state index < -0.39 is 4.92 Å². The highest BCUT2D eigenvalue weighted by molar-refractivity contribution is 7.15. The highest BCUT2D eigenvalue weighted by atomic mass is 32.1. The molecule has 0 fully saturated rings. The van der Waals surface area contributed by atoms with E-state index in [0.29, 0.717) is 23.8 Å². The van der Waals surface area contributed by atoms with Gasteiger partial charge in [0.05, 0.1) is 20.5 Å². The van der Waals surface area contributed by atoms with Gasteiger partial charge in [-0.3, -0.25) is 15.2 Å². The molecule has 1 aromatic carbocycles. The maximum atomic E-state index is 10.9. The predicted molar refractivity (Wildman–Crippen MR) is 87.1 cm³/mol. The van der Waals surface area contributed by atoms with Crippen LogP contribution in [0.3, 0.4) is 0 Å². The molecule has 0 atom stereocenters. The van der Waals surface area contributed by atoms with Crippen LogP contribution in [0.2, 0.25) is 0 Å². The first-order chi connectivity index (χ1) is 11.1. The Hall–Kier alpha value is -2.65. The van der Waals surface area contributed by atoms with Crippen LogP contribution in [0.5, 0.6) is 0 Å². The van der Waals surface area contributed by atoms with Crippen molar-refractivity contribution in [1.29, 1.82) is 0 Å². The number of nitrogens with one attached hydrogen (secondary N) is 1. The van der Waals surface area contributed by atoms with Crippen LogP contribution in [0.1, 0.15) is 10.7 Å². The van der Waals surface area contributed by atoms with Gasteiger partial charge in [-0.1, -0.05) is 12.1 Å². The van der Waals surface area contributed by atoms with Crippen molar-refractivity contribution in [2.24, 2.45) is 5.73 Å². The number of rotatable bonds is 5. The summed E-state index contributed by atoms with van der Waals surface area (Å²) in [5.41, 5.74) is 7.01. The average Bonchev–Trinajstić information content (AvgIpc) is 3.14. The van der Waals surface area contributed by atoms with Gasteiger partial charge in [-0.05, 0) is 13.5 Å². The van der Waals surface area contributed by atoms with Gasteiger partial charge in [-0.2, -0.15) is 5.10 Å². The van der Waals surface area contributed by atoms with E-state index in [2.05, 4.69) is 20.2 Å². The number of hydrogen-bond donors (Lipinski definition) is 2. The van der Waals surface area contributed by atoms with Crippen molar-refractivity contribution < 1.29 is 4.92 Å². The van der Waals surface area contributed by atoms with E-state index in [1.165, 1.54) is 23.5 Å². The summed E-state index contributed by atoms with van der Waals surface area (Å²) in [7, 11) is 0. The summed E-state index contributed by atoms with van der Waals surface area (Å²) in [5.74, 6) is 1.02. The second-order valence-corrected chi connectivity index (χ2v) is 5.96. The number of nitrogens with two attached hydrogens (primary N) is 1. The Morgan fingerprint density at radius 2 is 2.22 bits per heavy atom. The lowest BCUT2D eigenvalue weighted by molar-refractivity contribution is -0.384. The van der Waals surface area contributed by atoms with Crippen LogP contribution in [0.25, 0.3) is 22.1 Å². The third kappa shape index (κ3) is 3.10. The van der Waals surface area contributed by atoms with Crippen LogP contribution in [0.15, 0.2) is 24.3 Å². The third-order valence-corrected chi connectivity index (χ3v) is 4.44. The number of H-pyrrole nitrogens is 1. The van der Waals surface area contributed by atoms with Gasteiger partial charge in [0, 0.05) is 24.1 Å². The Balaban J connectivity index is 1.94. The lowest BCUT2D eigenvalue weighted by Gasteiger charge is -1.95. The Morgan fingerprint density at radius 1 is 1.39 bits per heavy atom. The Kier molecular flexibility index (Phi) is 4.13. The molecule has 0 aliphatic rings. The predicted octanol–water partition coefficient (Wildman–Crippen LogP) is 2.31. The Labute approximate surface area is 135 Å². The number of nitro benzene ring substituents is 1. The van der Waals surface area contributed by atoms with Crippen molar-refractivity contribution >= 4 is 17.0 Å². The summed E-state index contributed by atoms with van der Waals surface area (Å²) >= 11 is 1.52. The number of aryl methyl sites for hydroxylation is 1. The second kappa shape index (κ2) is 6.23. The number of nitrogens with zero attached hydrogens (tertiary/aromatic N) is 4. The zero-order valence-electron chi connectivity index (χ0n) is 12.3. The largest absolute Gasteiger partial charge is 0.330 e. The molecule has 0 aliphatic heterocycles. The molecular formula is C14H14N6O2S. The SMILES string of the molecule is Cc1nc(CCN)sc1-c1nc(-c2cccc([N+](=O)[O-])c2)n[nH]1. The quantitative estimate of drug-likeness (QED) is 0.546. The normalized spacial score (nSPS) is 10.9. The fourth-order valence-corrected chi connectivity index (χ4v) is 3.17. The molecule has 2 aromatic heterocycles. The number of thiazole rings is 1. The number of aromatic nitrogens is 4. The first-order valence-corrected chi connectivity index (χ1v) is 7.74. The van der Waals surface area contributed by atoms with E-state index in [1.807, 2.05) is 6.92 Å². The molecule has 3 N–H and O–H groups in total. The summed E-state index contributed by atoms with van der Waals surface area (Å²) in [6, 6.07) is 6.23. The summed E-state index contributed by atoms with van der Waals surface area (Å²) < 4.78 is 0. The molecule has 0 saturated carbocycles. The van der Waals surface area contributed by atoms with Crippen LogP contribution in [-0.4, -0.2) is 31.6 Å². The molecule has 0 saturated heterocycles. The lowest BCUT2D eigenvalue weighted by atomic mass is 10.2. The molecule has 0 spiro atoms. The first-order valence-electron chi connectivity index (χ1n) is 6.92. The minimum Gasteiger partial charge on any atom is -0.330 e. The van der Waals surface area contributed by atoms with Gasteiger partial charge in [-0.15, -0.1) is 11.3 Å². The minimum atomic E-state index is -0.441. The maximum absolute atomic E-state index is 10.9. The summed E-state index contributed by atoms with van der Waals surface area (Å²) in [6.45, 7) is 2.45. The van der Waals surface area contributed by atoms with Crippen molar-refractivity contribution in [3.05, 3.63) is 45.1 Å². The third-order valence-electron chi connectivity index (χ3n) is 3.21. The molecule has 0 bridgehead atoms. The molecule has 0 unspecified atom stereocenters. The van der Waals surface area contributed by atoms with Crippen LogP contribution in [0.4, 0.5) is 5.69 Å². The number of non-ortho nitro benzene ring substituents is 1. The van der Waals surface area contributed by atoms with Gasteiger partial charge in [0.2, 0.25) is 0 Å². The second-order valence-electron chi connectivity index (χ2n) is 4.88. The van der Waals surface area contributed by atoms with Gasteiger partial charge in [0.1, 0.15) is 0 Å². The highest BCUT2D eigenvalue weighted by Gasteiger charge is 2.15. The fourth-order valence-electron chi connectivity index (χ4n) is 2.15. The summed E-state index contributed by atoms with van der Waals surface area (Å²) in [4.78, 5) is 20.2. The molecule has 0 amide bonds. The smallest absolute Gasteiger partial charge is 0.270 e. The van der Waals surface area contributed by atoms with Crippen LogP contribution in [0, 0.1) is 17.0 Å². The standard InChI is InChI=1S/C14H14N6O2S/c1-8-12(23-11(16-8)5-6-15)14-17-13(18-19-14)9-3-2-4-10(7-9)20(21)22/h2-4,7H,5-6,15H2,1H3,(H,17,18,19). The van der Waals surface area contributed by atoms with E-state index >= 15 is 0 Å². The molecule has 23 heavy (non-hydrogen) atoms. The van der Waals surface area contributed by atoms with E-state index in [-0.39, 0.29) is 5.69 Å². The highest BCUT2D eigenvalue weighted by Crippen LogP contribution is 2.29. The summed E-state index contributed by atoms with van der Waals surface area (Å²) in [6.07, 6.45) is 0.720. The molecule has 3 aromatic rings. The molecule has 0 aliphatic carbocycles. The minimum absolute atomic E-state index is 0.00746. The van der Waals surface area contributed by atoms with Crippen molar-refractivity contribution in [3.8, 4) is 22.1 Å². The zero-order valence-corrected chi connectivity index (χ0v) is 13.1. The van der Waals surface area contributed by atoms with Gasteiger partial charge in [-0.25, -0.2) is 9.97 Å². The van der Waals surface area contributed by atoms with E-state index in [1.54, 1.807) is 12.1 Å². The molecule has 118 valence electrons. The molecule has 3 rings (SSSR count). The molecule has 8 nitrogen and oxygen atoms in total. The lowest BCUT2D eigenvalue weighted by Crippen LogP contribution is -2.01. The maximum Gasteiger partial charge on any atom is 0.270 e. The first kappa shape index (κ1) is 15.3. The van der Waals surface area contributed by atoms with Crippen molar-refractivity contribution in [1.82, 2.24) is 20.2 Å². The number of hydrogen-bond acceptors (Lipinski definition) is 7. The van der Waals surface area contributed by atoms with Gasteiger partial charge < -0.3 is 5.73 Å². The topological polar surface area (TPSA) is 124 Å². The van der Waals surface area contributed by atoms with Crippen LogP contribution in [-0.2, 0) is 6.42 Å². The fraction of sp³-hybridized carbons (Fsp3) is 0.214. The Bertz CT molecular complexity index is 857. The van der Waals surface area contributed by atoms with Gasteiger partial charge in [0.25, 0.3) is 5.69 Å². The molecule has 0 radical (unpaired) electrons. The monoisotopic (exact) mass is 330 g/mol. The number of nitro groups is 1. The van der Waals surface area contributed by atoms with Crippen LogP contribution < -0.4 is 5.73 Å². The average molecular weight is 330 g/mol. The molecule has 9 heteroatoms. The van der Waals surface area contributed by atoms with Crippen molar-refractivity contribution in [2.45, 2.75) is 13.3 Å². The van der Waals surface area contributed by atoms with E-state index in [4.69, 9.17) is 5.73 Å². The summed E-state index contributed by atoms with van der Waals surface area (Å²) in [5, 5.41) is 18.8.